The van der Waals surface area contributed by atoms with Gasteiger partial charge in [0.25, 0.3) is 0 Å². The average molecular weight is 479 g/mol. The maximum absolute atomic E-state index is 14.8. The van der Waals surface area contributed by atoms with Gasteiger partial charge >= 0.3 is 5.97 Å². The van der Waals surface area contributed by atoms with Gasteiger partial charge in [0.1, 0.15) is 11.9 Å². The highest BCUT2D eigenvalue weighted by molar-refractivity contribution is 5.76. The van der Waals surface area contributed by atoms with E-state index in [0.717, 1.165) is 11.1 Å². The van der Waals surface area contributed by atoms with Crippen LogP contribution in [0.3, 0.4) is 0 Å². The van der Waals surface area contributed by atoms with Crippen LogP contribution in [0.25, 0.3) is 17.2 Å². The van der Waals surface area contributed by atoms with E-state index in [2.05, 4.69) is 6.58 Å². The summed E-state index contributed by atoms with van der Waals surface area (Å²) in [7, 11) is 0. The molecule has 0 amide bonds. The molecule has 1 atom stereocenters. The van der Waals surface area contributed by atoms with Gasteiger partial charge in [-0.05, 0) is 72.1 Å². The number of benzene rings is 3. The zero-order valence-electron chi connectivity index (χ0n) is 19.1. The van der Waals surface area contributed by atoms with Gasteiger partial charge in [0.05, 0.1) is 12.5 Å². The van der Waals surface area contributed by atoms with Crippen LogP contribution >= 0.6 is 0 Å². The Morgan fingerprint density at radius 3 is 2.29 bits per heavy atom. The molecule has 1 saturated heterocycles. The van der Waals surface area contributed by atoms with E-state index in [1.807, 2.05) is 6.07 Å². The van der Waals surface area contributed by atoms with Crippen LogP contribution in [0, 0.1) is 23.4 Å². The summed E-state index contributed by atoms with van der Waals surface area (Å²) in [5, 5.41) is 0. The molecule has 1 aliphatic carbocycles. The van der Waals surface area contributed by atoms with Crippen molar-refractivity contribution in [3.8, 4) is 16.9 Å². The Morgan fingerprint density at radius 2 is 1.66 bits per heavy atom. The quantitative estimate of drug-likeness (QED) is 0.211. The number of carbonyl (C=O) groups is 1. The summed E-state index contributed by atoms with van der Waals surface area (Å²) < 4.78 is 54.5. The van der Waals surface area contributed by atoms with Crippen LogP contribution in [-0.4, -0.2) is 12.6 Å². The van der Waals surface area contributed by atoms with Crippen LogP contribution in [0.15, 0.2) is 61.2 Å². The fourth-order valence-electron chi connectivity index (χ4n) is 4.78. The fourth-order valence-corrected chi connectivity index (χ4v) is 4.78. The van der Waals surface area contributed by atoms with E-state index < -0.39 is 29.3 Å². The van der Waals surface area contributed by atoms with Gasteiger partial charge in [-0.15, -0.1) is 0 Å². The fraction of sp³-hybridized carbons (Fsp3) is 0.276. The molecule has 35 heavy (non-hydrogen) atoms. The smallest absolute Gasteiger partial charge is 0.314 e. The Morgan fingerprint density at radius 1 is 0.943 bits per heavy atom. The highest BCUT2D eigenvalue weighted by atomic mass is 19.2. The maximum Gasteiger partial charge on any atom is 0.314 e. The SMILES string of the molecule is C=Cc1ccc(-c2ccc(OC(=O)C3CCC(c4ccc(C5CO5)cc4F)CC3)c(F)c2F)cc1. The third kappa shape index (κ3) is 4.89. The van der Waals surface area contributed by atoms with E-state index in [1.54, 1.807) is 36.4 Å². The zero-order valence-corrected chi connectivity index (χ0v) is 19.1. The number of ether oxygens (including phenoxy) is 2. The molecule has 3 aromatic carbocycles. The lowest BCUT2D eigenvalue weighted by molar-refractivity contribution is -0.140. The van der Waals surface area contributed by atoms with Crippen molar-refractivity contribution in [3.63, 3.8) is 0 Å². The first-order valence-corrected chi connectivity index (χ1v) is 11.8. The minimum absolute atomic E-state index is 0.00108. The highest BCUT2D eigenvalue weighted by Gasteiger charge is 2.32. The number of halogens is 3. The van der Waals surface area contributed by atoms with Crippen LogP contribution in [0.4, 0.5) is 13.2 Å². The van der Waals surface area contributed by atoms with Crippen LogP contribution in [0.2, 0.25) is 0 Å². The predicted octanol–water partition coefficient (Wildman–Crippen LogP) is 7.36. The van der Waals surface area contributed by atoms with E-state index in [1.165, 1.54) is 18.2 Å². The average Bonchev–Trinajstić information content (AvgIpc) is 3.73. The van der Waals surface area contributed by atoms with Crippen LogP contribution in [0.5, 0.6) is 5.75 Å². The lowest BCUT2D eigenvalue weighted by Gasteiger charge is -2.28. The molecule has 3 aromatic rings. The molecule has 180 valence electrons. The molecule has 0 aromatic heterocycles. The van der Waals surface area contributed by atoms with Crippen LogP contribution in [-0.2, 0) is 9.53 Å². The number of esters is 1. The molecule has 1 saturated carbocycles. The summed E-state index contributed by atoms with van der Waals surface area (Å²) in [6.07, 6.45) is 3.88. The van der Waals surface area contributed by atoms with Crippen molar-refractivity contribution in [2.75, 3.05) is 6.61 Å². The molecule has 0 bridgehead atoms. The van der Waals surface area contributed by atoms with E-state index in [9.17, 15) is 18.0 Å². The first kappa shape index (κ1) is 23.4. The molecule has 3 nitrogen and oxygen atoms in total. The van der Waals surface area contributed by atoms with Crippen molar-refractivity contribution in [3.05, 3.63) is 95.3 Å². The molecule has 2 aliphatic rings. The predicted molar refractivity (Wildman–Crippen MR) is 127 cm³/mol. The topological polar surface area (TPSA) is 38.8 Å². The summed E-state index contributed by atoms with van der Waals surface area (Å²) in [6.45, 7) is 4.30. The van der Waals surface area contributed by atoms with Crippen molar-refractivity contribution in [2.24, 2.45) is 5.92 Å². The van der Waals surface area contributed by atoms with E-state index in [0.29, 0.717) is 43.4 Å². The molecule has 5 rings (SSSR count). The molecule has 6 heteroatoms. The Bertz CT molecular complexity index is 1260. The molecule has 1 aliphatic heterocycles. The minimum atomic E-state index is -1.20. The maximum atomic E-state index is 14.8. The summed E-state index contributed by atoms with van der Waals surface area (Å²) in [5.74, 6) is -3.96. The monoisotopic (exact) mass is 478 g/mol. The second kappa shape index (κ2) is 9.70. The Hall–Kier alpha value is -3.38. The number of carbonyl (C=O) groups excluding carboxylic acids is 1. The number of hydrogen-bond donors (Lipinski definition) is 0. The Kier molecular flexibility index (Phi) is 6.48. The van der Waals surface area contributed by atoms with E-state index in [4.69, 9.17) is 9.47 Å². The normalized spacial score (nSPS) is 21.4. The molecule has 1 unspecified atom stereocenters. The Labute approximate surface area is 202 Å². The molecule has 0 N–H and O–H groups in total. The lowest BCUT2D eigenvalue weighted by Crippen LogP contribution is -2.25. The standard InChI is InChI=1S/C29H25F3O3/c1-2-17-3-5-19(6-4-17)23-13-14-25(28(32)27(23)31)35-29(33)20-9-7-18(8-10-20)22-12-11-21(15-24(22)30)26-16-34-26/h2-6,11-15,18,20,26H,1,7-10,16H2. The van der Waals surface area contributed by atoms with Gasteiger partial charge in [-0.25, -0.2) is 8.78 Å². The van der Waals surface area contributed by atoms with E-state index in [-0.39, 0.29) is 23.4 Å². The van der Waals surface area contributed by atoms with Crippen molar-refractivity contribution < 1.29 is 27.4 Å². The van der Waals surface area contributed by atoms with Crippen molar-refractivity contribution in [1.29, 1.82) is 0 Å². The second-order valence-corrected chi connectivity index (χ2v) is 9.14. The van der Waals surface area contributed by atoms with E-state index >= 15 is 0 Å². The van der Waals surface area contributed by atoms with Crippen LogP contribution in [0.1, 0.15) is 54.4 Å². The Balaban J connectivity index is 1.22. The first-order chi connectivity index (χ1) is 16.9. The summed E-state index contributed by atoms with van der Waals surface area (Å²) in [5.41, 5.74) is 2.94. The third-order valence-corrected chi connectivity index (χ3v) is 6.94. The first-order valence-electron chi connectivity index (χ1n) is 11.8. The van der Waals surface area contributed by atoms with Crippen molar-refractivity contribution in [2.45, 2.75) is 37.7 Å². The number of rotatable bonds is 6. The van der Waals surface area contributed by atoms with Gasteiger partial charge in [0.15, 0.2) is 11.6 Å². The largest absolute Gasteiger partial charge is 0.423 e. The van der Waals surface area contributed by atoms with Gasteiger partial charge in [-0.2, -0.15) is 4.39 Å². The summed E-state index contributed by atoms with van der Waals surface area (Å²) in [4.78, 5) is 12.7. The molecule has 1 heterocycles. The highest BCUT2D eigenvalue weighted by Crippen LogP contribution is 2.39. The summed E-state index contributed by atoms with van der Waals surface area (Å²) >= 11 is 0. The van der Waals surface area contributed by atoms with Gasteiger partial charge in [-0.3, -0.25) is 4.79 Å². The van der Waals surface area contributed by atoms with Crippen molar-refractivity contribution >= 4 is 12.0 Å². The molecular weight excluding hydrogens is 453 g/mol. The number of epoxide rings is 1. The van der Waals surface area contributed by atoms with Gasteiger partial charge in [0.2, 0.25) is 5.82 Å². The molecule has 2 fully saturated rings. The van der Waals surface area contributed by atoms with Gasteiger partial charge in [-0.1, -0.05) is 49.1 Å². The molecular formula is C29H25F3O3. The third-order valence-electron chi connectivity index (χ3n) is 6.94. The molecule has 0 spiro atoms. The second-order valence-electron chi connectivity index (χ2n) is 9.14. The summed E-state index contributed by atoms with van der Waals surface area (Å²) in [6, 6.07) is 14.8. The zero-order chi connectivity index (χ0) is 24.5. The minimum Gasteiger partial charge on any atom is -0.423 e. The van der Waals surface area contributed by atoms with Gasteiger partial charge in [0, 0.05) is 5.56 Å². The van der Waals surface area contributed by atoms with Crippen LogP contribution < -0.4 is 4.74 Å². The van der Waals surface area contributed by atoms with Gasteiger partial charge < -0.3 is 9.47 Å². The number of hydrogen-bond acceptors (Lipinski definition) is 3. The molecule has 0 radical (unpaired) electrons. The van der Waals surface area contributed by atoms with Crippen molar-refractivity contribution in [1.82, 2.24) is 0 Å². The lowest BCUT2D eigenvalue weighted by atomic mass is 9.78.